The van der Waals surface area contributed by atoms with E-state index in [1.165, 1.54) is 6.07 Å². The van der Waals surface area contributed by atoms with Crippen molar-refractivity contribution in [3.8, 4) is 22.9 Å². The summed E-state index contributed by atoms with van der Waals surface area (Å²) in [6.07, 6.45) is 0.802. The Morgan fingerprint density at radius 3 is 2.48 bits per heavy atom. The van der Waals surface area contributed by atoms with Crippen molar-refractivity contribution in [2.45, 2.75) is 39.8 Å². The fourth-order valence-corrected chi connectivity index (χ4v) is 3.33. The molecule has 3 aromatic rings. The lowest BCUT2D eigenvalue weighted by molar-refractivity contribution is 0.192. The van der Waals surface area contributed by atoms with Crippen LogP contribution in [0.2, 0.25) is 0 Å². The first-order chi connectivity index (χ1) is 14.9. The van der Waals surface area contributed by atoms with E-state index in [4.69, 9.17) is 4.74 Å². The van der Waals surface area contributed by atoms with Crippen LogP contribution in [-0.2, 0) is 13.6 Å². The Labute approximate surface area is 182 Å². The summed E-state index contributed by atoms with van der Waals surface area (Å²) in [5.41, 5.74) is 2.33. The van der Waals surface area contributed by atoms with Gasteiger partial charge in [-0.05, 0) is 32.4 Å². The van der Waals surface area contributed by atoms with Crippen molar-refractivity contribution in [3.05, 3.63) is 66.0 Å². The average Bonchev–Trinajstić information content (AvgIpc) is 3.05. The topological polar surface area (TPSA) is 59.4 Å². The molecule has 1 aromatic heterocycles. The molecule has 0 radical (unpaired) electrons. The van der Waals surface area contributed by atoms with Crippen LogP contribution in [0.25, 0.3) is 11.3 Å². The predicted octanol–water partition coefficient (Wildman–Crippen LogP) is 5.35. The van der Waals surface area contributed by atoms with Crippen molar-refractivity contribution < 1.29 is 13.9 Å². The smallest absolute Gasteiger partial charge is 0.317 e. The Morgan fingerprint density at radius 1 is 1.16 bits per heavy atom. The predicted molar refractivity (Wildman–Crippen MR) is 119 cm³/mol. The van der Waals surface area contributed by atoms with Crippen LogP contribution in [0.5, 0.6) is 11.6 Å². The fraction of sp³-hybridized carbons (Fsp3) is 0.333. The SMILES string of the molecule is CCCN(Cc1c(-c2ccccc2)nn(C)c1Oc1ccccc1F)C(=O)NC(C)C. The van der Waals surface area contributed by atoms with Gasteiger partial charge in [-0.3, -0.25) is 0 Å². The fourth-order valence-electron chi connectivity index (χ4n) is 3.33. The second-order valence-corrected chi connectivity index (χ2v) is 7.68. The molecule has 0 saturated carbocycles. The summed E-state index contributed by atoms with van der Waals surface area (Å²) in [5, 5.41) is 7.60. The quantitative estimate of drug-likeness (QED) is 0.530. The number of halogens is 1. The molecule has 0 fully saturated rings. The molecular weight excluding hydrogens is 395 g/mol. The normalized spacial score (nSPS) is 10.9. The first-order valence-electron chi connectivity index (χ1n) is 10.5. The molecule has 1 N–H and O–H groups in total. The van der Waals surface area contributed by atoms with Gasteiger partial charge in [0.1, 0.15) is 5.69 Å². The zero-order valence-electron chi connectivity index (χ0n) is 18.4. The highest BCUT2D eigenvalue weighted by atomic mass is 19.1. The van der Waals surface area contributed by atoms with Crippen molar-refractivity contribution in [1.82, 2.24) is 20.0 Å². The molecule has 0 bridgehead atoms. The molecule has 0 atom stereocenters. The van der Waals surface area contributed by atoms with Crippen LogP contribution in [0.1, 0.15) is 32.8 Å². The maximum atomic E-state index is 14.3. The summed E-state index contributed by atoms with van der Waals surface area (Å²) in [5.74, 6) is 0.0568. The van der Waals surface area contributed by atoms with Gasteiger partial charge in [0.15, 0.2) is 11.6 Å². The van der Waals surface area contributed by atoms with Gasteiger partial charge < -0.3 is 15.0 Å². The first kappa shape index (κ1) is 22.3. The molecule has 31 heavy (non-hydrogen) atoms. The summed E-state index contributed by atoms with van der Waals surface area (Å²) in [6.45, 7) is 6.73. The molecule has 164 valence electrons. The van der Waals surface area contributed by atoms with E-state index in [2.05, 4.69) is 10.4 Å². The Hall–Kier alpha value is -3.35. The van der Waals surface area contributed by atoms with E-state index in [-0.39, 0.29) is 24.4 Å². The number of urea groups is 1. The van der Waals surface area contributed by atoms with E-state index in [0.717, 1.165) is 17.5 Å². The molecule has 6 nitrogen and oxygen atoms in total. The molecule has 0 saturated heterocycles. The van der Waals surface area contributed by atoms with Crippen LogP contribution in [0.3, 0.4) is 0 Å². The Morgan fingerprint density at radius 2 is 1.84 bits per heavy atom. The maximum absolute atomic E-state index is 14.3. The van der Waals surface area contributed by atoms with Gasteiger partial charge in [0.05, 0.1) is 12.1 Å². The minimum Gasteiger partial charge on any atom is -0.436 e. The highest BCUT2D eigenvalue weighted by Crippen LogP contribution is 2.34. The summed E-state index contributed by atoms with van der Waals surface area (Å²) >= 11 is 0. The Balaban J connectivity index is 2.06. The molecule has 2 amide bonds. The van der Waals surface area contributed by atoms with Crippen LogP contribution in [0.15, 0.2) is 54.6 Å². The minimum absolute atomic E-state index is 0.0171. The lowest BCUT2D eigenvalue weighted by atomic mass is 10.1. The van der Waals surface area contributed by atoms with Crippen LogP contribution < -0.4 is 10.1 Å². The number of aryl methyl sites for hydroxylation is 1. The van der Waals surface area contributed by atoms with Gasteiger partial charge in [-0.15, -0.1) is 0 Å². The van der Waals surface area contributed by atoms with E-state index in [9.17, 15) is 9.18 Å². The Bertz CT molecular complexity index is 1020. The number of amides is 2. The third-order valence-electron chi connectivity index (χ3n) is 4.72. The van der Waals surface area contributed by atoms with Crippen LogP contribution in [0, 0.1) is 5.82 Å². The second kappa shape index (κ2) is 10.1. The number of nitrogens with one attached hydrogen (secondary N) is 1. The highest BCUT2D eigenvalue weighted by molar-refractivity contribution is 5.75. The number of hydrogen-bond acceptors (Lipinski definition) is 3. The molecule has 0 aliphatic heterocycles. The van der Waals surface area contributed by atoms with Crippen LogP contribution >= 0.6 is 0 Å². The number of aromatic nitrogens is 2. The number of nitrogens with zero attached hydrogens (tertiary/aromatic N) is 3. The van der Waals surface area contributed by atoms with Gasteiger partial charge in [-0.1, -0.05) is 49.4 Å². The zero-order valence-corrected chi connectivity index (χ0v) is 18.4. The number of para-hydroxylation sites is 1. The van der Waals surface area contributed by atoms with Crippen molar-refractivity contribution in [2.24, 2.45) is 7.05 Å². The van der Waals surface area contributed by atoms with Crippen molar-refractivity contribution in [3.63, 3.8) is 0 Å². The lowest BCUT2D eigenvalue weighted by Gasteiger charge is -2.24. The maximum Gasteiger partial charge on any atom is 0.317 e. The van der Waals surface area contributed by atoms with E-state index in [0.29, 0.717) is 18.1 Å². The van der Waals surface area contributed by atoms with E-state index in [1.54, 1.807) is 34.8 Å². The second-order valence-electron chi connectivity index (χ2n) is 7.68. The number of hydrogen-bond donors (Lipinski definition) is 1. The number of ether oxygens (including phenoxy) is 1. The molecule has 0 spiro atoms. The number of carbonyl (C=O) groups excluding carboxylic acids is 1. The zero-order chi connectivity index (χ0) is 22.4. The van der Waals surface area contributed by atoms with Crippen molar-refractivity contribution in [1.29, 1.82) is 0 Å². The molecule has 1 heterocycles. The molecule has 0 unspecified atom stereocenters. The number of benzene rings is 2. The molecule has 2 aromatic carbocycles. The average molecular weight is 425 g/mol. The highest BCUT2D eigenvalue weighted by Gasteiger charge is 2.25. The van der Waals surface area contributed by atoms with Gasteiger partial charge in [0.2, 0.25) is 5.88 Å². The van der Waals surface area contributed by atoms with Crippen LogP contribution in [0.4, 0.5) is 9.18 Å². The largest absolute Gasteiger partial charge is 0.436 e. The van der Waals surface area contributed by atoms with Gasteiger partial charge in [-0.25, -0.2) is 13.9 Å². The van der Waals surface area contributed by atoms with Gasteiger partial charge in [0.25, 0.3) is 0 Å². The van der Waals surface area contributed by atoms with Gasteiger partial charge >= 0.3 is 6.03 Å². The minimum atomic E-state index is -0.459. The first-order valence-corrected chi connectivity index (χ1v) is 10.5. The van der Waals surface area contributed by atoms with E-state index >= 15 is 0 Å². The standard InChI is InChI=1S/C24H29FN4O2/c1-5-15-29(24(30)26-17(2)3)16-19-22(18-11-7-6-8-12-18)27-28(4)23(19)31-21-14-10-9-13-20(21)25/h6-14,17H,5,15-16H2,1-4H3,(H,26,30). The van der Waals surface area contributed by atoms with Gasteiger partial charge in [-0.2, -0.15) is 5.10 Å². The molecule has 0 aliphatic carbocycles. The third-order valence-corrected chi connectivity index (χ3v) is 4.72. The summed E-state index contributed by atoms with van der Waals surface area (Å²) in [6, 6.07) is 15.8. The van der Waals surface area contributed by atoms with E-state index in [1.807, 2.05) is 51.1 Å². The number of rotatable bonds is 8. The van der Waals surface area contributed by atoms with E-state index < -0.39 is 5.82 Å². The van der Waals surface area contributed by atoms with Crippen LogP contribution in [-0.4, -0.2) is 33.3 Å². The lowest BCUT2D eigenvalue weighted by Crippen LogP contribution is -2.43. The molecule has 7 heteroatoms. The summed E-state index contributed by atoms with van der Waals surface area (Å²) in [4.78, 5) is 14.5. The molecule has 0 aliphatic rings. The van der Waals surface area contributed by atoms with Crippen molar-refractivity contribution in [2.75, 3.05) is 6.54 Å². The molecular formula is C24H29FN4O2. The molecule has 3 rings (SSSR count). The van der Waals surface area contributed by atoms with Gasteiger partial charge in [0, 0.05) is 25.2 Å². The van der Waals surface area contributed by atoms with Crippen molar-refractivity contribution >= 4 is 6.03 Å². The third kappa shape index (κ3) is 5.42. The monoisotopic (exact) mass is 424 g/mol. The Kier molecular flexibility index (Phi) is 7.28. The summed E-state index contributed by atoms with van der Waals surface area (Å²) in [7, 11) is 1.75. The number of carbonyl (C=O) groups is 1. The summed E-state index contributed by atoms with van der Waals surface area (Å²) < 4.78 is 21.9.